The summed E-state index contributed by atoms with van der Waals surface area (Å²) in [5.74, 6) is 2.34. The van der Waals surface area contributed by atoms with Crippen LogP contribution < -0.4 is 42.1 Å². The van der Waals surface area contributed by atoms with Gasteiger partial charge in [0.2, 0.25) is 17.8 Å². The van der Waals surface area contributed by atoms with E-state index >= 15 is 0 Å². The molecule has 48 heavy (non-hydrogen) atoms. The molecule has 2 fully saturated rings. The zero-order valence-corrected chi connectivity index (χ0v) is 32.7. The van der Waals surface area contributed by atoms with Crippen molar-refractivity contribution in [3.8, 4) is 0 Å². The summed E-state index contributed by atoms with van der Waals surface area (Å²) in [7, 11) is 0. The summed E-state index contributed by atoms with van der Waals surface area (Å²) >= 11 is 0. The lowest BCUT2D eigenvalue weighted by atomic mass is 9.79. The third-order valence-corrected chi connectivity index (χ3v) is 9.70. The van der Waals surface area contributed by atoms with Crippen LogP contribution in [0.4, 0.5) is 17.8 Å². The average molecular weight is 674 g/mol. The Morgan fingerprint density at radius 3 is 1.42 bits per heavy atom. The number of aromatic nitrogens is 3. The van der Waals surface area contributed by atoms with E-state index in [0.717, 1.165) is 128 Å². The van der Waals surface area contributed by atoms with E-state index in [-0.39, 0.29) is 22.2 Å². The van der Waals surface area contributed by atoms with Crippen molar-refractivity contribution in [2.24, 2.45) is 5.73 Å². The number of hydrogen-bond acceptors (Lipinski definition) is 11. The maximum atomic E-state index is 5.60. The highest BCUT2D eigenvalue weighted by Gasteiger charge is 2.42. The van der Waals surface area contributed by atoms with Crippen molar-refractivity contribution in [3.63, 3.8) is 0 Å². The minimum Gasteiger partial charge on any atom is -0.354 e. The molecule has 3 heterocycles. The minimum atomic E-state index is 0.0280. The largest absolute Gasteiger partial charge is 0.354 e. The molecule has 0 saturated carbocycles. The Hall–Kier alpha value is -1.79. The summed E-state index contributed by atoms with van der Waals surface area (Å²) < 4.78 is 0. The van der Waals surface area contributed by atoms with Crippen LogP contribution in [-0.4, -0.2) is 102 Å². The molecule has 0 aliphatic carbocycles. The highest BCUT2D eigenvalue weighted by atomic mass is 15.4. The van der Waals surface area contributed by atoms with Crippen LogP contribution in [-0.2, 0) is 0 Å². The fourth-order valence-electron chi connectivity index (χ4n) is 8.28. The van der Waals surface area contributed by atoms with Gasteiger partial charge < -0.3 is 42.1 Å². The summed E-state index contributed by atoms with van der Waals surface area (Å²) in [5.41, 5.74) is 5.71. The number of anilines is 3. The summed E-state index contributed by atoms with van der Waals surface area (Å²) in [4.78, 5) is 20.8. The van der Waals surface area contributed by atoms with E-state index in [1.807, 2.05) is 0 Å². The lowest BCUT2D eigenvalue weighted by Gasteiger charge is -2.50. The van der Waals surface area contributed by atoms with Gasteiger partial charge in [0.25, 0.3) is 0 Å². The van der Waals surface area contributed by atoms with Gasteiger partial charge in [0.1, 0.15) is 0 Å². The fourth-order valence-corrected chi connectivity index (χ4v) is 8.28. The van der Waals surface area contributed by atoms with Crippen molar-refractivity contribution < 1.29 is 0 Å². The molecule has 0 amide bonds. The zero-order chi connectivity index (χ0) is 35.4. The topological polar surface area (TPSA) is 131 Å². The second-order valence-corrected chi connectivity index (χ2v) is 17.2. The third kappa shape index (κ3) is 13.5. The van der Waals surface area contributed by atoms with Gasteiger partial charge in [0.15, 0.2) is 0 Å². The number of nitrogens with one attached hydrogen (secondary N) is 5. The van der Waals surface area contributed by atoms with Crippen LogP contribution in [0.3, 0.4) is 0 Å². The van der Waals surface area contributed by atoms with Gasteiger partial charge in [0, 0.05) is 67.0 Å². The first kappa shape index (κ1) is 40.6. The molecule has 1 aromatic rings. The van der Waals surface area contributed by atoms with Crippen molar-refractivity contribution in [1.29, 1.82) is 0 Å². The Morgan fingerprint density at radius 1 is 0.604 bits per heavy atom. The smallest absolute Gasteiger partial charge is 0.232 e. The Labute approximate surface area is 294 Å². The van der Waals surface area contributed by atoms with Crippen LogP contribution in [0.5, 0.6) is 0 Å². The first-order chi connectivity index (χ1) is 22.6. The van der Waals surface area contributed by atoms with Gasteiger partial charge in [-0.3, -0.25) is 0 Å². The SMILES string of the molecule is CCCCN(c1nc(NCCCNCCNCCCN)nc(N(CCCC)C2CC(C)(C)NC(C)(C)C2)n1)C1CC(C)(C)NC(C)(C)C1. The molecular formula is C37H75N11. The van der Waals surface area contributed by atoms with Gasteiger partial charge in [-0.2, -0.15) is 15.0 Å². The van der Waals surface area contributed by atoms with Crippen molar-refractivity contribution in [3.05, 3.63) is 0 Å². The summed E-state index contributed by atoms with van der Waals surface area (Å²) in [5, 5.41) is 18.4. The lowest BCUT2D eigenvalue weighted by Crippen LogP contribution is -2.63. The quantitative estimate of drug-likeness (QED) is 0.0983. The van der Waals surface area contributed by atoms with Gasteiger partial charge in [-0.05, 0) is 126 Å². The maximum absolute atomic E-state index is 5.60. The molecule has 2 saturated heterocycles. The van der Waals surface area contributed by atoms with Crippen LogP contribution in [0.25, 0.3) is 0 Å². The number of nitrogens with two attached hydrogens (primary N) is 1. The Balaban J connectivity index is 1.93. The highest BCUT2D eigenvalue weighted by molar-refractivity contribution is 5.47. The summed E-state index contributed by atoms with van der Waals surface area (Å²) in [6, 6.07) is 0.684. The van der Waals surface area contributed by atoms with Crippen molar-refractivity contribution in [2.75, 3.05) is 67.5 Å². The van der Waals surface area contributed by atoms with E-state index in [4.69, 9.17) is 20.7 Å². The van der Waals surface area contributed by atoms with Crippen LogP contribution >= 0.6 is 0 Å². The number of piperidine rings is 2. The van der Waals surface area contributed by atoms with Gasteiger partial charge in [-0.15, -0.1) is 0 Å². The lowest BCUT2D eigenvalue weighted by molar-refractivity contribution is 0.157. The van der Waals surface area contributed by atoms with Crippen LogP contribution in [0.2, 0.25) is 0 Å². The summed E-state index contributed by atoms with van der Waals surface area (Å²) in [6.07, 6.45) is 10.7. The molecule has 1 aromatic heterocycles. The van der Waals surface area contributed by atoms with E-state index < -0.39 is 0 Å². The van der Waals surface area contributed by atoms with Crippen molar-refractivity contribution >= 4 is 17.8 Å². The molecule has 7 N–H and O–H groups in total. The predicted octanol–water partition coefficient (Wildman–Crippen LogP) is 5.03. The van der Waals surface area contributed by atoms with E-state index in [9.17, 15) is 0 Å². The predicted molar refractivity (Wildman–Crippen MR) is 205 cm³/mol. The molecule has 0 bridgehead atoms. The fraction of sp³-hybridized carbons (Fsp3) is 0.919. The third-order valence-electron chi connectivity index (χ3n) is 9.70. The maximum Gasteiger partial charge on any atom is 0.232 e. The van der Waals surface area contributed by atoms with Crippen LogP contribution in [0.15, 0.2) is 0 Å². The average Bonchev–Trinajstić information content (AvgIpc) is 2.95. The molecule has 0 radical (unpaired) electrons. The molecule has 0 aromatic carbocycles. The second-order valence-electron chi connectivity index (χ2n) is 17.2. The molecule has 0 unspecified atom stereocenters. The molecule has 3 rings (SSSR count). The molecule has 2 aliphatic heterocycles. The number of nitrogens with zero attached hydrogens (tertiary/aromatic N) is 5. The van der Waals surface area contributed by atoms with Gasteiger partial charge in [-0.1, -0.05) is 26.7 Å². The monoisotopic (exact) mass is 674 g/mol. The Kier molecular flexibility index (Phi) is 15.6. The van der Waals surface area contributed by atoms with Crippen LogP contribution in [0, 0.1) is 0 Å². The number of rotatable bonds is 21. The Morgan fingerprint density at radius 2 is 1.02 bits per heavy atom. The highest BCUT2D eigenvalue weighted by Crippen LogP contribution is 2.36. The molecular weight excluding hydrogens is 598 g/mol. The number of unbranched alkanes of at least 4 members (excludes halogenated alkanes) is 2. The molecule has 11 nitrogen and oxygen atoms in total. The first-order valence-electron chi connectivity index (χ1n) is 19.3. The second kappa shape index (κ2) is 18.4. The van der Waals surface area contributed by atoms with E-state index in [2.05, 4.69) is 106 Å². The summed E-state index contributed by atoms with van der Waals surface area (Å²) in [6.45, 7) is 30.5. The standard InChI is InChI=1S/C37H75N11/c1-11-13-23-47(29-25-34(3,4)45-35(5,6)26-29)32-42-31(41-20-16-19-40-22-21-39-18-15-17-38)43-33(44-32)48(24-14-12-2)30-27-36(7,8)46-37(9,10)28-30/h29-30,39-40,45-46H,11-28,38H2,1-10H3,(H,41,42,43,44). The van der Waals surface area contributed by atoms with E-state index in [1.165, 1.54) is 0 Å². The number of hydrogen-bond donors (Lipinski definition) is 6. The van der Waals surface area contributed by atoms with E-state index in [0.29, 0.717) is 18.0 Å². The van der Waals surface area contributed by atoms with Crippen molar-refractivity contribution in [2.45, 2.75) is 168 Å². The molecule has 0 atom stereocenters. The Bertz CT molecular complexity index is 973. The molecule has 278 valence electrons. The van der Waals surface area contributed by atoms with Gasteiger partial charge >= 0.3 is 0 Å². The molecule has 11 heteroatoms. The first-order valence-corrected chi connectivity index (χ1v) is 19.3. The van der Waals surface area contributed by atoms with Crippen LogP contribution in [0.1, 0.15) is 133 Å². The van der Waals surface area contributed by atoms with Crippen molar-refractivity contribution in [1.82, 2.24) is 36.2 Å². The van der Waals surface area contributed by atoms with Gasteiger partial charge in [-0.25, -0.2) is 0 Å². The minimum absolute atomic E-state index is 0.0280. The molecule has 2 aliphatic rings. The zero-order valence-electron chi connectivity index (χ0n) is 32.7. The van der Waals surface area contributed by atoms with Gasteiger partial charge in [0.05, 0.1) is 0 Å². The van der Waals surface area contributed by atoms with E-state index in [1.54, 1.807) is 0 Å². The normalized spacial score (nSPS) is 20.5. The molecule has 0 spiro atoms.